The topological polar surface area (TPSA) is 38.9 Å². The molecule has 1 aromatic heterocycles. The van der Waals surface area contributed by atoms with E-state index in [1.165, 1.54) is 5.56 Å². The Hall–Kier alpha value is -0.840. The van der Waals surface area contributed by atoms with Gasteiger partial charge in [0, 0.05) is 22.0 Å². The molecule has 0 aliphatic rings. The lowest BCUT2D eigenvalue weighted by Crippen LogP contribution is -2.28. The quantitative estimate of drug-likeness (QED) is 0.797. The molecule has 106 valence electrons. The molecule has 2 atom stereocenters. The molecule has 1 aromatic carbocycles. The third-order valence-electron chi connectivity index (χ3n) is 3.17. The van der Waals surface area contributed by atoms with Gasteiger partial charge in [-0.2, -0.15) is 0 Å². The van der Waals surface area contributed by atoms with Crippen LogP contribution in [0.4, 0.5) is 0 Å². The largest absolute Gasteiger partial charge is 0.323 e. The molecule has 4 heteroatoms. The van der Waals surface area contributed by atoms with Gasteiger partial charge in [-0.3, -0.25) is 0 Å². The molecule has 2 rings (SSSR count). The fraction of sp³-hybridized carbons (Fsp3) is 0.312. The summed E-state index contributed by atoms with van der Waals surface area (Å²) in [5.74, 6) is 0.462. The number of benzene rings is 1. The van der Waals surface area contributed by atoms with Gasteiger partial charge >= 0.3 is 0 Å². The Morgan fingerprint density at radius 2 is 1.80 bits per heavy atom. The summed E-state index contributed by atoms with van der Waals surface area (Å²) in [6.45, 7) is 4.41. The number of nitrogens with two attached hydrogens (primary N) is 1. The number of thioether (sulfide) groups is 1. The maximum absolute atomic E-state index is 6.47. The van der Waals surface area contributed by atoms with Crippen LogP contribution in [0.3, 0.4) is 0 Å². The third-order valence-corrected chi connectivity index (χ3v) is 5.73. The van der Waals surface area contributed by atoms with Crippen LogP contribution in [0.5, 0.6) is 0 Å². The molecule has 0 amide bonds. The van der Waals surface area contributed by atoms with E-state index in [0.29, 0.717) is 5.92 Å². The van der Waals surface area contributed by atoms with Crippen LogP contribution in [0.2, 0.25) is 0 Å². The summed E-state index contributed by atoms with van der Waals surface area (Å²) in [6.07, 6.45) is 1.82. The van der Waals surface area contributed by atoms with Crippen molar-refractivity contribution in [1.82, 2.24) is 4.98 Å². The molecular weight excluding hydrogens is 332 g/mol. The van der Waals surface area contributed by atoms with E-state index in [9.17, 15) is 0 Å². The van der Waals surface area contributed by atoms with E-state index in [1.54, 1.807) is 11.8 Å². The minimum atomic E-state index is -0.00453. The van der Waals surface area contributed by atoms with Gasteiger partial charge in [-0.15, -0.1) is 0 Å². The van der Waals surface area contributed by atoms with Crippen LogP contribution in [0, 0.1) is 5.92 Å². The van der Waals surface area contributed by atoms with Crippen LogP contribution in [0.25, 0.3) is 0 Å². The normalized spacial score (nSPS) is 14.2. The molecular formula is C16H19BrN2S. The summed E-state index contributed by atoms with van der Waals surface area (Å²) < 4.78 is 1.02. The fourth-order valence-corrected chi connectivity index (χ4v) is 3.75. The van der Waals surface area contributed by atoms with Crippen molar-refractivity contribution in [2.45, 2.75) is 30.2 Å². The van der Waals surface area contributed by atoms with E-state index in [1.807, 2.05) is 36.5 Å². The lowest BCUT2D eigenvalue weighted by molar-refractivity contribution is 0.527. The van der Waals surface area contributed by atoms with Gasteiger partial charge in [-0.1, -0.05) is 55.9 Å². The highest BCUT2D eigenvalue weighted by Crippen LogP contribution is 2.37. The van der Waals surface area contributed by atoms with Crippen molar-refractivity contribution in [3.8, 4) is 0 Å². The SMILES string of the molecule is CC(C)C(Sc1ncccc1Br)C(N)c1ccccc1. The van der Waals surface area contributed by atoms with Crippen molar-refractivity contribution in [3.05, 3.63) is 58.7 Å². The first-order valence-corrected chi connectivity index (χ1v) is 8.34. The number of halogens is 1. The second kappa shape index (κ2) is 7.25. The minimum Gasteiger partial charge on any atom is -0.323 e. The summed E-state index contributed by atoms with van der Waals surface area (Å²) in [5, 5.41) is 1.28. The van der Waals surface area contributed by atoms with E-state index in [0.717, 1.165) is 9.50 Å². The smallest absolute Gasteiger partial charge is 0.111 e. The molecule has 0 saturated carbocycles. The average molecular weight is 351 g/mol. The van der Waals surface area contributed by atoms with E-state index < -0.39 is 0 Å². The molecule has 2 aromatic rings. The van der Waals surface area contributed by atoms with Crippen molar-refractivity contribution in [1.29, 1.82) is 0 Å². The third kappa shape index (κ3) is 3.84. The summed E-state index contributed by atoms with van der Waals surface area (Å²) in [7, 11) is 0. The van der Waals surface area contributed by atoms with Crippen molar-refractivity contribution in [2.24, 2.45) is 11.7 Å². The van der Waals surface area contributed by atoms with Crippen molar-refractivity contribution >= 4 is 27.7 Å². The van der Waals surface area contributed by atoms with E-state index in [-0.39, 0.29) is 11.3 Å². The number of pyridine rings is 1. The van der Waals surface area contributed by atoms with Crippen LogP contribution >= 0.6 is 27.7 Å². The van der Waals surface area contributed by atoms with Gasteiger partial charge in [0.1, 0.15) is 5.03 Å². The summed E-state index contributed by atoms with van der Waals surface area (Å²) in [5.41, 5.74) is 7.65. The van der Waals surface area contributed by atoms with E-state index in [4.69, 9.17) is 5.73 Å². The highest BCUT2D eigenvalue weighted by atomic mass is 79.9. The lowest BCUT2D eigenvalue weighted by Gasteiger charge is -2.27. The first kappa shape index (κ1) is 15.5. The van der Waals surface area contributed by atoms with Crippen LogP contribution < -0.4 is 5.73 Å². The van der Waals surface area contributed by atoms with Crippen LogP contribution in [0.1, 0.15) is 25.5 Å². The van der Waals surface area contributed by atoms with Gasteiger partial charge in [0.15, 0.2) is 0 Å². The number of hydrogen-bond acceptors (Lipinski definition) is 3. The minimum absolute atomic E-state index is 0.00453. The molecule has 0 bridgehead atoms. The van der Waals surface area contributed by atoms with Gasteiger partial charge in [0.05, 0.1) is 0 Å². The average Bonchev–Trinajstić information content (AvgIpc) is 2.46. The zero-order valence-electron chi connectivity index (χ0n) is 11.7. The predicted molar refractivity (Wildman–Crippen MR) is 89.8 cm³/mol. The van der Waals surface area contributed by atoms with Gasteiger partial charge in [-0.25, -0.2) is 4.98 Å². The Balaban J connectivity index is 2.22. The van der Waals surface area contributed by atoms with Crippen molar-refractivity contribution in [3.63, 3.8) is 0 Å². The van der Waals surface area contributed by atoms with Gasteiger partial charge in [0.2, 0.25) is 0 Å². The first-order chi connectivity index (χ1) is 9.59. The molecule has 20 heavy (non-hydrogen) atoms. The number of nitrogens with zero attached hydrogens (tertiary/aromatic N) is 1. The molecule has 0 radical (unpaired) electrons. The Kier molecular flexibility index (Phi) is 5.64. The molecule has 0 saturated heterocycles. The van der Waals surface area contributed by atoms with Crippen LogP contribution in [-0.2, 0) is 0 Å². The zero-order valence-corrected chi connectivity index (χ0v) is 14.1. The highest BCUT2D eigenvalue weighted by Gasteiger charge is 2.25. The zero-order chi connectivity index (χ0) is 14.5. The van der Waals surface area contributed by atoms with Crippen molar-refractivity contribution < 1.29 is 0 Å². The molecule has 0 aliphatic heterocycles. The molecule has 0 spiro atoms. The summed E-state index contributed by atoms with van der Waals surface area (Å²) in [4.78, 5) is 4.44. The summed E-state index contributed by atoms with van der Waals surface area (Å²) in [6, 6.07) is 14.2. The maximum atomic E-state index is 6.47. The second-order valence-electron chi connectivity index (χ2n) is 5.05. The summed E-state index contributed by atoms with van der Waals surface area (Å²) >= 11 is 5.30. The predicted octanol–water partition coefficient (Wildman–Crippen LogP) is 4.66. The highest BCUT2D eigenvalue weighted by molar-refractivity contribution is 9.10. The molecule has 2 nitrogen and oxygen atoms in total. The monoisotopic (exact) mass is 350 g/mol. The second-order valence-corrected chi connectivity index (χ2v) is 7.07. The van der Waals surface area contributed by atoms with Gasteiger partial charge < -0.3 is 5.73 Å². The van der Waals surface area contributed by atoms with E-state index >= 15 is 0 Å². The van der Waals surface area contributed by atoms with E-state index in [2.05, 4.69) is 46.9 Å². The molecule has 2 N–H and O–H groups in total. The maximum Gasteiger partial charge on any atom is 0.111 e. The van der Waals surface area contributed by atoms with Gasteiger partial charge in [0.25, 0.3) is 0 Å². The Morgan fingerprint density at radius 3 is 2.40 bits per heavy atom. The lowest BCUT2D eigenvalue weighted by atomic mass is 9.97. The molecule has 2 unspecified atom stereocenters. The molecule has 1 heterocycles. The number of aromatic nitrogens is 1. The van der Waals surface area contributed by atoms with Crippen LogP contribution in [-0.4, -0.2) is 10.2 Å². The first-order valence-electron chi connectivity index (χ1n) is 6.67. The number of rotatable bonds is 5. The Bertz CT molecular complexity index is 545. The molecule has 0 aliphatic carbocycles. The van der Waals surface area contributed by atoms with Crippen LogP contribution in [0.15, 0.2) is 58.2 Å². The van der Waals surface area contributed by atoms with Gasteiger partial charge in [-0.05, 0) is 39.5 Å². The fourth-order valence-electron chi connectivity index (χ4n) is 2.08. The van der Waals surface area contributed by atoms with Crippen molar-refractivity contribution in [2.75, 3.05) is 0 Å². The standard InChI is InChI=1S/C16H19BrN2S/c1-11(2)15(14(18)12-7-4-3-5-8-12)20-16-13(17)9-6-10-19-16/h3-11,14-15H,18H2,1-2H3. The number of hydrogen-bond donors (Lipinski definition) is 1. The Morgan fingerprint density at radius 1 is 1.10 bits per heavy atom. The Labute approximate surface area is 133 Å². The molecule has 0 fully saturated rings.